The lowest BCUT2D eigenvalue weighted by Gasteiger charge is -2.33. The number of nitrogens with zero attached hydrogens (tertiary/aromatic N) is 3. The molecule has 106 valence electrons. The van der Waals surface area contributed by atoms with Crippen LogP contribution in [0.1, 0.15) is 0 Å². The van der Waals surface area contributed by atoms with E-state index in [1.807, 2.05) is 0 Å². The van der Waals surface area contributed by atoms with Crippen molar-refractivity contribution in [3.8, 4) is 0 Å². The molecule has 2 amide bonds. The Labute approximate surface area is 116 Å². The van der Waals surface area contributed by atoms with Crippen LogP contribution in [0, 0.1) is 0 Å². The maximum atomic E-state index is 12.0. The van der Waals surface area contributed by atoms with Gasteiger partial charge in [-0.1, -0.05) is 11.8 Å². The molecule has 19 heavy (non-hydrogen) atoms. The second kappa shape index (κ2) is 6.88. The van der Waals surface area contributed by atoms with Gasteiger partial charge in [-0.25, -0.2) is 0 Å². The lowest BCUT2D eigenvalue weighted by molar-refractivity contribution is -0.146. The first-order valence-corrected chi connectivity index (χ1v) is 7.39. The summed E-state index contributed by atoms with van der Waals surface area (Å²) < 4.78 is 0. The van der Waals surface area contributed by atoms with Crippen LogP contribution >= 0.6 is 11.8 Å². The van der Waals surface area contributed by atoms with E-state index < -0.39 is 11.8 Å². The third-order valence-electron chi connectivity index (χ3n) is 3.11. The van der Waals surface area contributed by atoms with Gasteiger partial charge in [-0.15, -0.1) is 0 Å². The Hall–Kier alpha value is -1.12. The van der Waals surface area contributed by atoms with Crippen LogP contribution in [-0.2, 0) is 9.59 Å². The number of thioether (sulfide) groups is 1. The molecular formula is C11H19N5O2S. The fraction of sp³-hybridized carbons (Fsp3) is 0.727. The molecule has 8 heteroatoms. The second-order valence-electron chi connectivity index (χ2n) is 4.41. The molecule has 2 aliphatic rings. The van der Waals surface area contributed by atoms with Crippen LogP contribution in [0.2, 0.25) is 0 Å². The SMILES string of the molecule is NCCN1CCN(C(=O)C(=O)NC2=NCCS2)CC1. The van der Waals surface area contributed by atoms with Crippen molar-refractivity contribution >= 4 is 28.7 Å². The molecular weight excluding hydrogens is 266 g/mol. The maximum absolute atomic E-state index is 12.0. The summed E-state index contributed by atoms with van der Waals surface area (Å²) in [5.74, 6) is -0.190. The number of hydrogen-bond acceptors (Lipinski definition) is 6. The van der Waals surface area contributed by atoms with E-state index in [9.17, 15) is 9.59 Å². The molecule has 0 aromatic rings. The number of carbonyl (C=O) groups excluding carboxylic acids is 2. The van der Waals surface area contributed by atoms with Gasteiger partial charge in [0.1, 0.15) is 0 Å². The topological polar surface area (TPSA) is 91.0 Å². The van der Waals surface area contributed by atoms with E-state index in [4.69, 9.17) is 5.73 Å². The number of hydrogen-bond donors (Lipinski definition) is 2. The summed E-state index contributed by atoms with van der Waals surface area (Å²) in [4.78, 5) is 31.6. The molecule has 0 atom stereocenters. The molecule has 0 aliphatic carbocycles. The first kappa shape index (κ1) is 14.3. The quantitative estimate of drug-likeness (QED) is 0.591. The van der Waals surface area contributed by atoms with Gasteiger partial charge in [-0.3, -0.25) is 24.8 Å². The van der Waals surface area contributed by atoms with Gasteiger partial charge in [0.25, 0.3) is 0 Å². The first-order chi connectivity index (χ1) is 9.20. The lowest BCUT2D eigenvalue weighted by atomic mass is 10.3. The normalized spacial score (nSPS) is 20.3. The summed E-state index contributed by atoms with van der Waals surface area (Å²) >= 11 is 1.47. The predicted octanol–water partition coefficient (Wildman–Crippen LogP) is -1.69. The van der Waals surface area contributed by atoms with E-state index in [0.717, 1.165) is 25.4 Å². The zero-order valence-electron chi connectivity index (χ0n) is 10.8. The van der Waals surface area contributed by atoms with Crippen molar-refractivity contribution in [1.29, 1.82) is 0 Å². The minimum atomic E-state index is -0.583. The van der Waals surface area contributed by atoms with Crippen LogP contribution in [-0.4, -0.2) is 78.3 Å². The van der Waals surface area contributed by atoms with Gasteiger partial charge >= 0.3 is 11.8 Å². The summed E-state index contributed by atoms with van der Waals surface area (Å²) in [6.07, 6.45) is 0. The standard InChI is InChI=1S/C11H19N5O2S/c12-1-3-15-4-6-16(7-5-15)10(18)9(17)14-11-13-2-8-19-11/h1-8,12H2,(H,13,14,17). The van der Waals surface area contributed by atoms with E-state index in [2.05, 4.69) is 15.2 Å². The highest BCUT2D eigenvalue weighted by Crippen LogP contribution is 2.09. The van der Waals surface area contributed by atoms with Crippen molar-refractivity contribution in [2.45, 2.75) is 0 Å². The van der Waals surface area contributed by atoms with Gasteiger partial charge in [-0.2, -0.15) is 0 Å². The predicted molar refractivity (Wildman–Crippen MR) is 75.0 cm³/mol. The van der Waals surface area contributed by atoms with Crippen LogP contribution in [0.15, 0.2) is 4.99 Å². The Morgan fingerprint density at radius 1 is 1.32 bits per heavy atom. The van der Waals surface area contributed by atoms with E-state index in [0.29, 0.717) is 31.3 Å². The third-order valence-corrected chi connectivity index (χ3v) is 4.00. The molecule has 0 unspecified atom stereocenters. The summed E-state index contributed by atoms with van der Waals surface area (Å²) in [6, 6.07) is 0. The van der Waals surface area contributed by atoms with Crippen molar-refractivity contribution < 1.29 is 9.59 Å². The smallest absolute Gasteiger partial charge is 0.315 e. The van der Waals surface area contributed by atoms with E-state index >= 15 is 0 Å². The number of rotatable bonds is 2. The minimum Gasteiger partial charge on any atom is -0.332 e. The Balaban J connectivity index is 1.78. The number of carbonyl (C=O) groups is 2. The molecule has 0 aromatic carbocycles. The highest BCUT2D eigenvalue weighted by molar-refractivity contribution is 8.14. The molecule has 7 nitrogen and oxygen atoms in total. The number of amidine groups is 1. The first-order valence-electron chi connectivity index (χ1n) is 6.40. The van der Waals surface area contributed by atoms with Gasteiger partial charge in [0, 0.05) is 45.0 Å². The Bertz CT molecular complexity index is 379. The van der Waals surface area contributed by atoms with Gasteiger partial charge in [-0.05, 0) is 0 Å². The fourth-order valence-electron chi connectivity index (χ4n) is 2.06. The monoisotopic (exact) mass is 285 g/mol. The molecule has 2 rings (SSSR count). The lowest BCUT2D eigenvalue weighted by Crippen LogP contribution is -2.53. The van der Waals surface area contributed by atoms with Crippen LogP contribution < -0.4 is 11.1 Å². The largest absolute Gasteiger partial charge is 0.332 e. The number of piperazine rings is 1. The van der Waals surface area contributed by atoms with Gasteiger partial charge in [0.2, 0.25) is 0 Å². The van der Waals surface area contributed by atoms with Crippen LogP contribution in [0.4, 0.5) is 0 Å². The average Bonchev–Trinajstić information content (AvgIpc) is 2.92. The van der Waals surface area contributed by atoms with Gasteiger partial charge < -0.3 is 10.6 Å². The number of amides is 2. The van der Waals surface area contributed by atoms with Crippen molar-refractivity contribution in [3.05, 3.63) is 0 Å². The molecule has 0 spiro atoms. The molecule has 3 N–H and O–H groups in total. The van der Waals surface area contributed by atoms with E-state index in [1.54, 1.807) is 4.90 Å². The van der Waals surface area contributed by atoms with E-state index in [-0.39, 0.29) is 0 Å². The summed E-state index contributed by atoms with van der Waals surface area (Å²) in [5, 5.41) is 3.12. The van der Waals surface area contributed by atoms with Crippen molar-refractivity contribution in [2.24, 2.45) is 10.7 Å². The summed E-state index contributed by atoms with van der Waals surface area (Å²) in [6.45, 7) is 4.84. The second-order valence-corrected chi connectivity index (χ2v) is 5.50. The zero-order valence-corrected chi connectivity index (χ0v) is 11.6. The molecule has 1 fully saturated rings. The zero-order chi connectivity index (χ0) is 13.7. The van der Waals surface area contributed by atoms with Crippen molar-refractivity contribution in [1.82, 2.24) is 15.1 Å². The van der Waals surface area contributed by atoms with Crippen molar-refractivity contribution in [2.75, 3.05) is 51.6 Å². The fourth-order valence-corrected chi connectivity index (χ4v) is 2.79. The maximum Gasteiger partial charge on any atom is 0.315 e. The minimum absolute atomic E-state index is 0.470. The highest BCUT2D eigenvalue weighted by Gasteiger charge is 2.26. The number of aliphatic imine (C=N–C) groups is 1. The van der Waals surface area contributed by atoms with E-state index in [1.165, 1.54) is 11.8 Å². The summed E-state index contributed by atoms with van der Waals surface area (Å²) in [7, 11) is 0. The highest BCUT2D eigenvalue weighted by atomic mass is 32.2. The number of nitrogens with one attached hydrogen (secondary N) is 1. The Morgan fingerprint density at radius 3 is 2.63 bits per heavy atom. The molecule has 2 aliphatic heterocycles. The third kappa shape index (κ3) is 3.92. The summed E-state index contributed by atoms with van der Waals surface area (Å²) in [5.41, 5.74) is 5.49. The van der Waals surface area contributed by atoms with Gasteiger partial charge in [0.15, 0.2) is 5.17 Å². The number of nitrogens with two attached hydrogens (primary N) is 1. The Kier molecular flexibility index (Phi) is 5.17. The van der Waals surface area contributed by atoms with Crippen LogP contribution in [0.5, 0.6) is 0 Å². The molecule has 2 heterocycles. The Morgan fingerprint density at radius 2 is 2.05 bits per heavy atom. The molecule has 0 saturated carbocycles. The molecule has 1 saturated heterocycles. The molecule has 0 aromatic heterocycles. The van der Waals surface area contributed by atoms with Crippen molar-refractivity contribution in [3.63, 3.8) is 0 Å². The average molecular weight is 285 g/mol. The molecule has 0 radical (unpaired) electrons. The van der Waals surface area contributed by atoms with Crippen LogP contribution in [0.25, 0.3) is 0 Å². The van der Waals surface area contributed by atoms with Gasteiger partial charge in [0.05, 0.1) is 6.54 Å². The van der Waals surface area contributed by atoms with Crippen LogP contribution in [0.3, 0.4) is 0 Å². The molecule has 0 bridgehead atoms.